The summed E-state index contributed by atoms with van der Waals surface area (Å²) in [6.45, 7) is 2.42. The molecule has 2 rings (SSSR count). The number of hydrogen-bond donors (Lipinski definition) is 1. The first-order chi connectivity index (χ1) is 7.89. The van der Waals surface area contributed by atoms with Gasteiger partial charge in [0.25, 0.3) is 5.95 Å². The monoisotopic (exact) mass is 246 g/mol. The molecule has 2 heterocycles. The van der Waals surface area contributed by atoms with E-state index in [0.717, 1.165) is 0 Å². The van der Waals surface area contributed by atoms with Gasteiger partial charge in [0, 0.05) is 19.2 Å². The molecule has 0 saturated carbocycles. The van der Waals surface area contributed by atoms with E-state index >= 15 is 0 Å². The molecule has 94 valence electrons. The summed E-state index contributed by atoms with van der Waals surface area (Å²) in [6, 6.07) is 0.490. The third-order valence-corrected chi connectivity index (χ3v) is 3.01. The Hall–Kier alpha value is -1.30. The van der Waals surface area contributed by atoms with Crippen molar-refractivity contribution < 1.29 is 18.3 Å². The van der Waals surface area contributed by atoms with E-state index in [-0.39, 0.29) is 5.82 Å². The molecule has 0 aromatic carbocycles. The fourth-order valence-electron chi connectivity index (χ4n) is 1.86. The summed E-state index contributed by atoms with van der Waals surface area (Å²) in [4.78, 5) is 4.78. The average Bonchev–Trinajstić information content (AvgIpc) is 2.24. The summed E-state index contributed by atoms with van der Waals surface area (Å²) in [5, 5.41) is 9.73. The van der Waals surface area contributed by atoms with E-state index in [0.29, 0.717) is 32.0 Å². The number of aliphatic hydroxyl groups is 1. The van der Waals surface area contributed by atoms with Crippen molar-refractivity contribution in [3.63, 3.8) is 0 Å². The van der Waals surface area contributed by atoms with Crippen molar-refractivity contribution in [1.82, 2.24) is 4.98 Å². The van der Waals surface area contributed by atoms with Crippen LogP contribution in [0.3, 0.4) is 0 Å². The zero-order valence-corrected chi connectivity index (χ0v) is 9.38. The van der Waals surface area contributed by atoms with Gasteiger partial charge in [0.1, 0.15) is 0 Å². The van der Waals surface area contributed by atoms with Crippen LogP contribution in [-0.2, 0) is 0 Å². The zero-order valence-electron chi connectivity index (χ0n) is 9.38. The molecular weight excluding hydrogens is 233 g/mol. The highest BCUT2D eigenvalue weighted by Gasteiger charge is 2.29. The highest BCUT2D eigenvalue weighted by atomic mass is 19.2. The second kappa shape index (κ2) is 4.18. The summed E-state index contributed by atoms with van der Waals surface area (Å²) < 4.78 is 39.1. The maximum atomic E-state index is 13.4. The molecule has 1 aliphatic rings. The van der Waals surface area contributed by atoms with Crippen molar-refractivity contribution >= 4 is 5.82 Å². The smallest absolute Gasteiger partial charge is 0.251 e. The minimum atomic E-state index is -1.31. The van der Waals surface area contributed by atoms with Crippen LogP contribution in [0.4, 0.5) is 19.0 Å². The van der Waals surface area contributed by atoms with Gasteiger partial charge in [-0.3, -0.25) is 0 Å². The highest BCUT2D eigenvalue weighted by Crippen LogP contribution is 2.26. The Labute approximate surface area is 96.9 Å². The van der Waals surface area contributed by atoms with Crippen molar-refractivity contribution in [2.24, 2.45) is 0 Å². The Bertz CT molecular complexity index is 427. The predicted octanol–water partition coefficient (Wildman–Crippen LogP) is 1.85. The number of halogens is 3. The van der Waals surface area contributed by atoms with Crippen LogP contribution in [0.1, 0.15) is 19.8 Å². The second-order valence-electron chi connectivity index (χ2n) is 4.55. The molecule has 0 amide bonds. The first-order valence-electron chi connectivity index (χ1n) is 5.38. The number of piperidine rings is 1. The van der Waals surface area contributed by atoms with Crippen LogP contribution in [0.2, 0.25) is 0 Å². The maximum Gasteiger partial charge on any atom is 0.251 e. The Morgan fingerprint density at radius 2 is 1.82 bits per heavy atom. The summed E-state index contributed by atoms with van der Waals surface area (Å²) >= 11 is 0. The summed E-state index contributed by atoms with van der Waals surface area (Å²) in [7, 11) is 0. The Kier molecular flexibility index (Phi) is 2.99. The van der Waals surface area contributed by atoms with Gasteiger partial charge in [-0.25, -0.2) is 8.78 Å². The molecule has 1 N–H and O–H groups in total. The minimum Gasteiger partial charge on any atom is -0.390 e. The van der Waals surface area contributed by atoms with Crippen LogP contribution in [0.25, 0.3) is 0 Å². The van der Waals surface area contributed by atoms with Gasteiger partial charge in [-0.1, -0.05) is 0 Å². The largest absolute Gasteiger partial charge is 0.390 e. The van der Waals surface area contributed by atoms with Crippen LogP contribution >= 0.6 is 0 Å². The molecule has 6 heteroatoms. The van der Waals surface area contributed by atoms with E-state index < -0.39 is 23.2 Å². The fraction of sp³-hybridized carbons (Fsp3) is 0.545. The van der Waals surface area contributed by atoms with Crippen molar-refractivity contribution in [3.8, 4) is 0 Å². The lowest BCUT2D eigenvalue weighted by Crippen LogP contribution is -2.43. The van der Waals surface area contributed by atoms with Crippen LogP contribution in [0.15, 0.2) is 6.07 Å². The molecular formula is C11H13F3N2O. The molecule has 1 aromatic heterocycles. The lowest BCUT2D eigenvalue weighted by atomic mass is 9.94. The lowest BCUT2D eigenvalue weighted by molar-refractivity contribution is 0.0348. The van der Waals surface area contributed by atoms with E-state index in [1.54, 1.807) is 6.92 Å². The number of pyridine rings is 1. The fourth-order valence-corrected chi connectivity index (χ4v) is 1.86. The summed E-state index contributed by atoms with van der Waals surface area (Å²) in [6.07, 6.45) is 0.875. The summed E-state index contributed by atoms with van der Waals surface area (Å²) in [5.74, 6) is -3.68. The van der Waals surface area contributed by atoms with Gasteiger partial charge in [-0.15, -0.1) is 0 Å². The molecule has 1 fully saturated rings. The third-order valence-electron chi connectivity index (χ3n) is 3.01. The number of nitrogens with zero attached hydrogens (tertiary/aromatic N) is 2. The van der Waals surface area contributed by atoms with E-state index in [1.165, 1.54) is 4.90 Å². The summed E-state index contributed by atoms with van der Waals surface area (Å²) in [5.41, 5.74) is -0.786. The standard InChI is InChI=1S/C11H13F3N2O/c1-11(17)2-4-16(5-3-11)10-8(13)6-7(12)9(14)15-10/h6,17H,2-5H2,1H3. The number of aromatic nitrogens is 1. The third kappa shape index (κ3) is 2.52. The predicted molar refractivity (Wildman–Crippen MR) is 56.2 cm³/mol. The molecule has 0 unspecified atom stereocenters. The topological polar surface area (TPSA) is 36.4 Å². The van der Waals surface area contributed by atoms with Crippen molar-refractivity contribution in [1.29, 1.82) is 0 Å². The van der Waals surface area contributed by atoms with Crippen molar-refractivity contribution in [2.45, 2.75) is 25.4 Å². The zero-order chi connectivity index (χ0) is 12.6. The quantitative estimate of drug-likeness (QED) is 0.768. The molecule has 1 aliphatic heterocycles. The van der Waals surface area contributed by atoms with Gasteiger partial charge in [-0.2, -0.15) is 9.37 Å². The molecule has 1 saturated heterocycles. The van der Waals surface area contributed by atoms with E-state index in [2.05, 4.69) is 4.98 Å². The van der Waals surface area contributed by atoms with Gasteiger partial charge in [0.2, 0.25) is 0 Å². The maximum absolute atomic E-state index is 13.4. The molecule has 0 spiro atoms. The van der Waals surface area contributed by atoms with Gasteiger partial charge in [0.05, 0.1) is 5.60 Å². The van der Waals surface area contributed by atoms with Gasteiger partial charge in [0.15, 0.2) is 17.5 Å². The lowest BCUT2D eigenvalue weighted by Gasteiger charge is -2.36. The Morgan fingerprint density at radius 1 is 1.24 bits per heavy atom. The first-order valence-corrected chi connectivity index (χ1v) is 5.38. The Morgan fingerprint density at radius 3 is 2.41 bits per heavy atom. The van der Waals surface area contributed by atoms with Crippen molar-refractivity contribution in [3.05, 3.63) is 23.6 Å². The van der Waals surface area contributed by atoms with Crippen LogP contribution in [0.5, 0.6) is 0 Å². The molecule has 0 aliphatic carbocycles. The van der Waals surface area contributed by atoms with Crippen LogP contribution in [0, 0.1) is 17.6 Å². The SMILES string of the molecule is CC1(O)CCN(c2nc(F)c(F)cc2F)CC1. The number of rotatable bonds is 1. The van der Waals surface area contributed by atoms with E-state index in [1.807, 2.05) is 0 Å². The first kappa shape index (κ1) is 12.2. The molecule has 1 aromatic rings. The molecule has 17 heavy (non-hydrogen) atoms. The van der Waals surface area contributed by atoms with Crippen molar-refractivity contribution in [2.75, 3.05) is 18.0 Å². The van der Waals surface area contributed by atoms with Gasteiger partial charge >= 0.3 is 0 Å². The van der Waals surface area contributed by atoms with Gasteiger partial charge < -0.3 is 10.0 Å². The number of hydrogen-bond acceptors (Lipinski definition) is 3. The molecule has 0 bridgehead atoms. The normalized spacial score (nSPS) is 19.5. The van der Waals surface area contributed by atoms with Crippen LogP contribution in [-0.4, -0.2) is 28.8 Å². The average molecular weight is 246 g/mol. The molecule has 0 atom stereocenters. The van der Waals surface area contributed by atoms with Gasteiger partial charge in [-0.05, 0) is 19.8 Å². The molecule has 3 nitrogen and oxygen atoms in total. The second-order valence-corrected chi connectivity index (χ2v) is 4.55. The van der Waals surface area contributed by atoms with E-state index in [4.69, 9.17) is 0 Å². The van der Waals surface area contributed by atoms with Crippen LogP contribution < -0.4 is 4.90 Å². The number of anilines is 1. The Balaban J connectivity index is 2.21. The van der Waals surface area contributed by atoms with E-state index in [9.17, 15) is 18.3 Å². The minimum absolute atomic E-state index is 0.195. The molecule has 0 radical (unpaired) electrons. The highest BCUT2D eigenvalue weighted by molar-refractivity contribution is 5.40.